The van der Waals surface area contributed by atoms with E-state index >= 15 is 0 Å². The van der Waals surface area contributed by atoms with Crippen LogP contribution in [0.15, 0.2) is 0 Å². The minimum Gasteiger partial charge on any atom is -0.481 e. The van der Waals surface area contributed by atoms with E-state index in [0.29, 0.717) is 36.0 Å². The molecule has 1 amide bonds. The van der Waals surface area contributed by atoms with Gasteiger partial charge in [0.2, 0.25) is 5.91 Å². The monoisotopic (exact) mass is 507 g/mol. The Morgan fingerprint density at radius 2 is 1.69 bits per heavy atom. The standard InChI is InChI=1S/C28H45NO7/c1-15(4-9-24(32)29-22(26(35)36)14-25(33)34)19-7-8-20-18-6-5-16-12-17(30)10-11-27(16,2)21(18)13-23(31)28(19,20)3/h15-23,30-31H,4-14H2,1-3H3,(H,29,32)(H,33,34)(H,35,36)/t15-,16-,17-,18+,19-,20+,21+,22+,23+,27+,28-/m1/s1. The number of carboxylic acids is 2. The predicted octanol–water partition coefficient (Wildman–Crippen LogP) is 3.44. The summed E-state index contributed by atoms with van der Waals surface area (Å²) in [7, 11) is 0. The maximum absolute atomic E-state index is 12.4. The van der Waals surface area contributed by atoms with Crippen LogP contribution in [0.5, 0.6) is 0 Å². The maximum Gasteiger partial charge on any atom is 0.326 e. The van der Waals surface area contributed by atoms with E-state index in [-0.39, 0.29) is 35.4 Å². The van der Waals surface area contributed by atoms with Crippen molar-refractivity contribution in [1.82, 2.24) is 5.32 Å². The van der Waals surface area contributed by atoms with Gasteiger partial charge in [-0.05, 0) is 104 Å². The van der Waals surface area contributed by atoms with Crippen LogP contribution < -0.4 is 5.32 Å². The Hall–Kier alpha value is -1.67. The Kier molecular flexibility index (Phi) is 7.78. The number of carbonyl (C=O) groups excluding carboxylic acids is 1. The first kappa shape index (κ1) is 27.4. The molecule has 0 spiro atoms. The molecule has 0 aromatic heterocycles. The molecule has 204 valence electrons. The second kappa shape index (κ2) is 10.2. The fourth-order valence-corrected chi connectivity index (χ4v) is 9.36. The van der Waals surface area contributed by atoms with Crippen molar-refractivity contribution >= 4 is 17.8 Å². The van der Waals surface area contributed by atoms with Gasteiger partial charge in [0.25, 0.3) is 0 Å². The quantitative estimate of drug-likeness (QED) is 0.338. The molecule has 0 saturated heterocycles. The summed E-state index contributed by atoms with van der Waals surface area (Å²) in [6, 6.07) is -1.42. The lowest BCUT2D eigenvalue weighted by Gasteiger charge is -2.62. The van der Waals surface area contributed by atoms with Crippen molar-refractivity contribution in [3.8, 4) is 0 Å². The van der Waals surface area contributed by atoms with E-state index in [1.54, 1.807) is 0 Å². The zero-order valence-corrected chi connectivity index (χ0v) is 22.0. The van der Waals surface area contributed by atoms with Crippen LogP contribution in [-0.4, -0.2) is 56.5 Å². The van der Waals surface area contributed by atoms with Gasteiger partial charge in [0.05, 0.1) is 18.6 Å². The average Bonchev–Trinajstić information content (AvgIpc) is 3.16. The third-order valence-corrected chi connectivity index (χ3v) is 11.3. The lowest BCUT2D eigenvalue weighted by atomic mass is 9.43. The molecule has 4 fully saturated rings. The van der Waals surface area contributed by atoms with Crippen molar-refractivity contribution in [2.75, 3.05) is 0 Å². The minimum atomic E-state index is -1.42. The molecule has 8 heteroatoms. The van der Waals surface area contributed by atoms with Crippen molar-refractivity contribution in [2.45, 2.75) is 110 Å². The highest BCUT2D eigenvalue weighted by molar-refractivity contribution is 5.86. The van der Waals surface area contributed by atoms with E-state index in [4.69, 9.17) is 5.11 Å². The first-order chi connectivity index (χ1) is 16.9. The number of hydrogen-bond acceptors (Lipinski definition) is 5. The Morgan fingerprint density at radius 3 is 2.36 bits per heavy atom. The predicted molar refractivity (Wildman–Crippen MR) is 133 cm³/mol. The summed E-state index contributed by atoms with van der Waals surface area (Å²) in [6.45, 7) is 6.81. The Morgan fingerprint density at radius 1 is 0.972 bits per heavy atom. The number of aliphatic carboxylic acids is 2. The summed E-state index contributed by atoms with van der Waals surface area (Å²) >= 11 is 0. The molecule has 0 heterocycles. The second-order valence-corrected chi connectivity index (χ2v) is 13.0. The molecule has 0 aromatic rings. The summed E-state index contributed by atoms with van der Waals surface area (Å²) in [5, 5.41) is 42.4. The van der Waals surface area contributed by atoms with E-state index < -0.39 is 30.3 Å². The highest BCUT2D eigenvalue weighted by Gasteiger charge is 2.63. The number of carbonyl (C=O) groups is 3. The Balaban J connectivity index is 1.41. The molecule has 0 unspecified atom stereocenters. The number of carboxylic acid groups (broad SMARTS) is 2. The van der Waals surface area contributed by atoms with Gasteiger partial charge in [-0.3, -0.25) is 9.59 Å². The van der Waals surface area contributed by atoms with E-state index in [1.165, 1.54) is 12.8 Å². The minimum absolute atomic E-state index is 0.145. The lowest BCUT2D eigenvalue weighted by Crippen LogP contribution is -2.58. The summed E-state index contributed by atoms with van der Waals surface area (Å²) in [4.78, 5) is 34.6. The van der Waals surface area contributed by atoms with Gasteiger partial charge in [-0.2, -0.15) is 0 Å². The number of amides is 1. The van der Waals surface area contributed by atoms with Crippen LogP contribution in [0.25, 0.3) is 0 Å². The Bertz CT molecular complexity index is 863. The van der Waals surface area contributed by atoms with Crippen LogP contribution in [0.4, 0.5) is 0 Å². The number of fused-ring (bicyclic) bond motifs is 5. The molecule has 4 rings (SSSR count). The van der Waals surface area contributed by atoms with Gasteiger partial charge in [0.1, 0.15) is 6.04 Å². The molecule has 5 N–H and O–H groups in total. The SMILES string of the molecule is C[C@H](CCC(=O)N[C@@H](CC(=O)O)C(=O)O)[C@H]1CC[C@H]2[C@@H]3CC[C@@H]4C[C@H](O)CC[C@]4(C)[C@H]3C[C@H](O)[C@]12C. The molecule has 8 nitrogen and oxygen atoms in total. The average molecular weight is 508 g/mol. The third-order valence-electron chi connectivity index (χ3n) is 11.3. The highest BCUT2D eigenvalue weighted by Crippen LogP contribution is 2.68. The first-order valence-corrected chi connectivity index (χ1v) is 14.0. The normalized spacial score (nSPS) is 43.4. The molecule has 0 aromatic carbocycles. The van der Waals surface area contributed by atoms with E-state index in [9.17, 15) is 29.7 Å². The second-order valence-electron chi connectivity index (χ2n) is 13.0. The number of aliphatic hydroxyl groups excluding tert-OH is 2. The van der Waals surface area contributed by atoms with Crippen LogP contribution in [-0.2, 0) is 14.4 Å². The Labute approximate surface area is 214 Å². The topological polar surface area (TPSA) is 144 Å². The van der Waals surface area contributed by atoms with Crippen LogP contribution >= 0.6 is 0 Å². The van der Waals surface area contributed by atoms with Crippen LogP contribution in [0.2, 0.25) is 0 Å². The van der Waals surface area contributed by atoms with Crippen molar-refractivity contribution < 1.29 is 34.8 Å². The van der Waals surface area contributed by atoms with Crippen LogP contribution in [0, 0.1) is 46.3 Å². The number of hydrogen-bond donors (Lipinski definition) is 5. The zero-order valence-electron chi connectivity index (χ0n) is 22.0. The molecule has 4 aliphatic carbocycles. The van der Waals surface area contributed by atoms with E-state index in [2.05, 4.69) is 26.1 Å². The zero-order chi connectivity index (χ0) is 26.4. The molecule has 36 heavy (non-hydrogen) atoms. The lowest BCUT2D eigenvalue weighted by molar-refractivity contribution is -0.175. The van der Waals surface area contributed by atoms with Crippen LogP contribution in [0.1, 0.15) is 91.4 Å². The van der Waals surface area contributed by atoms with Crippen molar-refractivity contribution in [1.29, 1.82) is 0 Å². The molecule has 0 radical (unpaired) electrons. The maximum atomic E-state index is 12.4. The molecule has 0 aliphatic heterocycles. The molecule has 4 aliphatic rings. The summed E-state index contributed by atoms with van der Waals surface area (Å²) < 4.78 is 0. The molecule has 11 atom stereocenters. The van der Waals surface area contributed by atoms with Crippen LogP contribution in [0.3, 0.4) is 0 Å². The van der Waals surface area contributed by atoms with E-state index in [1.807, 2.05) is 0 Å². The third kappa shape index (κ3) is 4.80. The molecule has 0 bridgehead atoms. The number of rotatable bonds is 8. The molecular formula is C28H45NO7. The smallest absolute Gasteiger partial charge is 0.326 e. The summed E-state index contributed by atoms with van der Waals surface area (Å²) in [6.07, 6.45) is 7.61. The summed E-state index contributed by atoms with van der Waals surface area (Å²) in [5.74, 6) is -0.463. The molecular weight excluding hydrogens is 462 g/mol. The van der Waals surface area contributed by atoms with Gasteiger partial charge in [0, 0.05) is 6.42 Å². The van der Waals surface area contributed by atoms with Crippen molar-refractivity contribution in [3.63, 3.8) is 0 Å². The largest absolute Gasteiger partial charge is 0.481 e. The fourth-order valence-electron chi connectivity index (χ4n) is 9.36. The number of aliphatic hydroxyl groups is 2. The fraction of sp³-hybridized carbons (Fsp3) is 0.893. The summed E-state index contributed by atoms with van der Waals surface area (Å²) in [5.41, 5.74) is 0.00419. The number of nitrogens with one attached hydrogen (secondary N) is 1. The van der Waals surface area contributed by atoms with Gasteiger partial charge in [-0.15, -0.1) is 0 Å². The molecule has 4 saturated carbocycles. The van der Waals surface area contributed by atoms with E-state index in [0.717, 1.165) is 38.5 Å². The van der Waals surface area contributed by atoms with Gasteiger partial charge in [-0.25, -0.2) is 4.79 Å². The highest BCUT2D eigenvalue weighted by atomic mass is 16.4. The van der Waals surface area contributed by atoms with Crippen molar-refractivity contribution in [3.05, 3.63) is 0 Å². The van der Waals surface area contributed by atoms with Gasteiger partial charge >= 0.3 is 11.9 Å². The first-order valence-electron chi connectivity index (χ1n) is 14.0. The van der Waals surface area contributed by atoms with Gasteiger partial charge in [-0.1, -0.05) is 20.8 Å². The van der Waals surface area contributed by atoms with Gasteiger partial charge < -0.3 is 25.7 Å². The van der Waals surface area contributed by atoms with Crippen molar-refractivity contribution in [2.24, 2.45) is 46.3 Å². The van der Waals surface area contributed by atoms with Gasteiger partial charge in [0.15, 0.2) is 0 Å².